The third kappa shape index (κ3) is 6.01. The Morgan fingerprint density at radius 1 is 0.943 bits per heavy atom. The van der Waals surface area contributed by atoms with Crippen molar-refractivity contribution >= 4 is 37.5 Å². The molecule has 0 radical (unpaired) electrons. The minimum atomic E-state index is -1.74. The van der Waals surface area contributed by atoms with Gasteiger partial charge in [0.25, 0.3) is 0 Å². The lowest BCUT2D eigenvalue weighted by Gasteiger charge is -2.36. The Morgan fingerprint density at radius 2 is 1.66 bits per heavy atom. The molecule has 35 heavy (non-hydrogen) atoms. The van der Waals surface area contributed by atoms with Gasteiger partial charge >= 0.3 is 0 Å². The van der Waals surface area contributed by atoms with E-state index in [-0.39, 0.29) is 5.04 Å². The summed E-state index contributed by atoms with van der Waals surface area (Å²) in [5, 5.41) is 9.20. The first-order valence-corrected chi connectivity index (χ1v) is 16.6. The molecule has 4 rings (SSSR count). The maximum Gasteiger partial charge on any atom is 0.192 e. The molecule has 2 aromatic heterocycles. The van der Waals surface area contributed by atoms with Gasteiger partial charge in [-0.3, -0.25) is 4.40 Å². The Balaban J connectivity index is 1.55. The van der Waals surface area contributed by atoms with E-state index in [1.54, 1.807) is 11.8 Å². The zero-order chi connectivity index (χ0) is 25.1. The molecule has 2 N–H and O–H groups in total. The smallest absolute Gasteiger partial charge is 0.192 e. The lowest BCUT2D eigenvalue weighted by molar-refractivity contribution is 0.311. The highest BCUT2D eigenvalue weighted by atomic mass is 32.2. The molecule has 0 atom stereocenters. The molecule has 8 heteroatoms. The molecule has 0 unspecified atom stereocenters. The van der Waals surface area contributed by atoms with Crippen LogP contribution in [0.15, 0.2) is 81.5 Å². The largest absolute Gasteiger partial charge is 0.416 e. The summed E-state index contributed by atoms with van der Waals surface area (Å²) in [4.78, 5) is 3.47. The second-order valence-corrected chi connectivity index (χ2v) is 17.0. The van der Waals surface area contributed by atoms with Crippen LogP contribution in [0.3, 0.4) is 0 Å². The molecule has 0 aliphatic rings. The van der Waals surface area contributed by atoms with Crippen molar-refractivity contribution in [1.29, 1.82) is 0 Å². The molecular formula is C27H34N4OS2Si. The molecule has 0 fully saturated rings. The van der Waals surface area contributed by atoms with Crippen molar-refractivity contribution in [3.05, 3.63) is 72.4 Å². The second kappa shape index (κ2) is 10.9. The number of thioether (sulfide) groups is 1. The van der Waals surface area contributed by atoms with Crippen molar-refractivity contribution in [1.82, 2.24) is 14.6 Å². The van der Waals surface area contributed by atoms with Crippen molar-refractivity contribution in [2.24, 2.45) is 5.73 Å². The normalized spacial score (nSPS) is 12.4. The number of nitrogens with zero attached hydrogens (tertiary/aromatic N) is 3. The van der Waals surface area contributed by atoms with Gasteiger partial charge in [-0.1, -0.05) is 68.9 Å². The van der Waals surface area contributed by atoms with Crippen molar-refractivity contribution in [3.8, 4) is 11.4 Å². The van der Waals surface area contributed by atoms with Crippen LogP contribution in [0, 0.1) is 0 Å². The summed E-state index contributed by atoms with van der Waals surface area (Å²) in [6, 6.07) is 20.8. The second-order valence-electron chi connectivity index (χ2n) is 9.98. The first-order chi connectivity index (χ1) is 16.7. The SMILES string of the molecule is CC(C)(C)[Si](C)(C)OCCSc1ccccc1-c1nnc2ccc(Sc3ccccc3CN)cn12. The van der Waals surface area contributed by atoms with Gasteiger partial charge in [0.15, 0.2) is 19.8 Å². The summed E-state index contributed by atoms with van der Waals surface area (Å²) in [5.74, 6) is 1.75. The van der Waals surface area contributed by atoms with Crippen LogP contribution in [0.2, 0.25) is 18.1 Å². The van der Waals surface area contributed by atoms with Gasteiger partial charge in [0.1, 0.15) is 0 Å². The van der Waals surface area contributed by atoms with E-state index >= 15 is 0 Å². The molecule has 5 nitrogen and oxygen atoms in total. The molecule has 2 aromatic carbocycles. The molecule has 0 saturated heterocycles. The zero-order valence-electron chi connectivity index (χ0n) is 21.1. The molecule has 184 valence electrons. The third-order valence-corrected chi connectivity index (χ3v) is 13.2. The fraction of sp³-hybridized carbons (Fsp3) is 0.333. The van der Waals surface area contributed by atoms with E-state index in [1.807, 2.05) is 30.0 Å². The number of hydrogen-bond acceptors (Lipinski definition) is 6. The van der Waals surface area contributed by atoms with E-state index in [2.05, 4.69) is 97.1 Å². The Labute approximate surface area is 218 Å². The number of fused-ring (bicyclic) bond motifs is 1. The fourth-order valence-electron chi connectivity index (χ4n) is 3.46. The summed E-state index contributed by atoms with van der Waals surface area (Å²) in [6.07, 6.45) is 2.12. The third-order valence-electron chi connectivity index (χ3n) is 6.53. The summed E-state index contributed by atoms with van der Waals surface area (Å²) in [5.41, 5.74) is 9.00. The lowest BCUT2D eigenvalue weighted by Crippen LogP contribution is -2.41. The minimum Gasteiger partial charge on any atom is -0.416 e. The van der Waals surface area contributed by atoms with Gasteiger partial charge in [0.05, 0.1) is 0 Å². The van der Waals surface area contributed by atoms with Crippen molar-refractivity contribution in [2.75, 3.05) is 12.4 Å². The number of aromatic nitrogens is 3. The van der Waals surface area contributed by atoms with Gasteiger partial charge in [0.2, 0.25) is 0 Å². The van der Waals surface area contributed by atoms with Crippen LogP contribution < -0.4 is 5.73 Å². The maximum atomic E-state index is 6.38. The number of hydrogen-bond donors (Lipinski definition) is 1. The molecule has 2 heterocycles. The molecule has 0 aliphatic heterocycles. The monoisotopic (exact) mass is 522 g/mol. The maximum absolute atomic E-state index is 6.38. The van der Waals surface area contributed by atoms with E-state index < -0.39 is 8.32 Å². The number of rotatable bonds is 9. The van der Waals surface area contributed by atoms with Crippen LogP contribution >= 0.6 is 23.5 Å². The van der Waals surface area contributed by atoms with Gasteiger partial charge < -0.3 is 10.2 Å². The van der Waals surface area contributed by atoms with Crippen LogP contribution in [-0.2, 0) is 11.0 Å². The van der Waals surface area contributed by atoms with E-state index in [4.69, 9.17) is 10.2 Å². The predicted octanol–water partition coefficient (Wildman–Crippen LogP) is 7.12. The Kier molecular flexibility index (Phi) is 8.08. The summed E-state index contributed by atoms with van der Waals surface area (Å²) >= 11 is 3.53. The van der Waals surface area contributed by atoms with Crippen molar-refractivity contribution in [2.45, 2.75) is 60.1 Å². The first-order valence-electron chi connectivity index (χ1n) is 11.9. The van der Waals surface area contributed by atoms with Gasteiger partial charge in [-0.05, 0) is 48.0 Å². The molecule has 4 aromatic rings. The lowest BCUT2D eigenvalue weighted by atomic mass is 10.2. The Hall–Kier alpha value is -2.10. The van der Waals surface area contributed by atoms with Gasteiger partial charge in [-0.15, -0.1) is 22.0 Å². The fourth-order valence-corrected chi connectivity index (χ4v) is 6.50. The zero-order valence-corrected chi connectivity index (χ0v) is 23.7. The van der Waals surface area contributed by atoms with Crippen LogP contribution in [0.25, 0.3) is 17.0 Å². The van der Waals surface area contributed by atoms with Crippen LogP contribution in [-0.4, -0.2) is 35.3 Å². The van der Waals surface area contributed by atoms with Crippen molar-refractivity contribution in [3.63, 3.8) is 0 Å². The standard InChI is InChI=1S/C27H34N4OS2Si/c1-27(2,3)35(4,5)32-16-17-33-24-13-9-7-11-22(24)26-30-29-25-15-14-21(19-31(25)26)34-23-12-8-6-10-20(23)18-28/h6-15,19H,16-18,28H2,1-5H3. The van der Waals surface area contributed by atoms with Crippen molar-refractivity contribution < 1.29 is 4.43 Å². The van der Waals surface area contributed by atoms with Gasteiger partial charge in [0, 0.05) is 45.4 Å². The van der Waals surface area contributed by atoms with E-state index in [1.165, 1.54) is 9.79 Å². The first kappa shape index (κ1) is 26.0. The summed E-state index contributed by atoms with van der Waals surface area (Å²) in [7, 11) is -1.74. The minimum absolute atomic E-state index is 0.219. The van der Waals surface area contributed by atoms with E-state index in [0.29, 0.717) is 6.54 Å². The average molecular weight is 523 g/mol. The predicted molar refractivity (Wildman–Crippen MR) is 151 cm³/mol. The van der Waals surface area contributed by atoms with Gasteiger partial charge in [-0.2, -0.15) is 0 Å². The van der Waals surface area contributed by atoms with Crippen LogP contribution in [0.5, 0.6) is 0 Å². The highest BCUT2D eigenvalue weighted by Gasteiger charge is 2.36. The molecule has 0 spiro atoms. The number of nitrogens with two attached hydrogens (primary N) is 1. The quantitative estimate of drug-likeness (QED) is 0.143. The Bertz CT molecular complexity index is 1300. The highest BCUT2D eigenvalue weighted by molar-refractivity contribution is 7.99. The van der Waals surface area contributed by atoms with E-state index in [0.717, 1.165) is 39.9 Å². The van der Waals surface area contributed by atoms with Crippen LogP contribution in [0.4, 0.5) is 0 Å². The van der Waals surface area contributed by atoms with E-state index in [9.17, 15) is 0 Å². The number of benzene rings is 2. The molecule has 0 amide bonds. The van der Waals surface area contributed by atoms with Crippen LogP contribution in [0.1, 0.15) is 26.3 Å². The summed E-state index contributed by atoms with van der Waals surface area (Å²) < 4.78 is 8.46. The molecule has 0 aliphatic carbocycles. The molecule has 0 bridgehead atoms. The Morgan fingerprint density at radius 3 is 2.40 bits per heavy atom. The van der Waals surface area contributed by atoms with Gasteiger partial charge in [-0.25, -0.2) is 0 Å². The molecular weight excluding hydrogens is 489 g/mol. The number of pyridine rings is 1. The highest BCUT2D eigenvalue weighted by Crippen LogP contribution is 2.37. The topological polar surface area (TPSA) is 65.4 Å². The summed E-state index contributed by atoms with van der Waals surface area (Å²) in [6.45, 7) is 12.7. The molecule has 0 saturated carbocycles. The average Bonchev–Trinajstić information content (AvgIpc) is 3.25.